The normalized spacial score (nSPS) is 12.9. The van der Waals surface area contributed by atoms with Crippen molar-refractivity contribution in [2.45, 2.75) is 19.4 Å². The van der Waals surface area contributed by atoms with Crippen LogP contribution in [0.4, 0.5) is 8.78 Å². The Balaban J connectivity index is 2.96. The summed E-state index contributed by atoms with van der Waals surface area (Å²) in [6.45, 7) is 1.97. The SMILES string of the molecule is COCCC(N)c1c(F)ccc(C)c1F. The molecular formula is C11H15F2NO. The molecule has 2 N–H and O–H groups in total. The summed E-state index contributed by atoms with van der Waals surface area (Å²) < 4.78 is 31.7. The largest absolute Gasteiger partial charge is 0.385 e. The van der Waals surface area contributed by atoms with Crippen LogP contribution in [0.2, 0.25) is 0 Å². The molecule has 0 saturated carbocycles. The minimum Gasteiger partial charge on any atom is -0.385 e. The molecular weight excluding hydrogens is 200 g/mol. The summed E-state index contributed by atoms with van der Waals surface area (Å²) in [4.78, 5) is 0. The van der Waals surface area contributed by atoms with Crippen molar-refractivity contribution in [2.75, 3.05) is 13.7 Å². The molecule has 1 rings (SSSR count). The summed E-state index contributed by atoms with van der Waals surface area (Å²) in [6, 6.07) is 1.97. The van der Waals surface area contributed by atoms with E-state index >= 15 is 0 Å². The highest BCUT2D eigenvalue weighted by molar-refractivity contribution is 5.28. The smallest absolute Gasteiger partial charge is 0.133 e. The van der Waals surface area contributed by atoms with Crippen LogP contribution in [0.25, 0.3) is 0 Å². The molecule has 0 radical (unpaired) electrons. The highest BCUT2D eigenvalue weighted by atomic mass is 19.1. The Morgan fingerprint density at radius 1 is 1.40 bits per heavy atom. The van der Waals surface area contributed by atoms with Crippen LogP contribution in [0.15, 0.2) is 12.1 Å². The zero-order chi connectivity index (χ0) is 11.4. The van der Waals surface area contributed by atoms with E-state index in [-0.39, 0.29) is 5.56 Å². The Bertz CT molecular complexity index is 342. The van der Waals surface area contributed by atoms with E-state index in [1.807, 2.05) is 0 Å². The van der Waals surface area contributed by atoms with E-state index in [9.17, 15) is 8.78 Å². The first-order valence-corrected chi connectivity index (χ1v) is 4.77. The zero-order valence-corrected chi connectivity index (χ0v) is 8.89. The van der Waals surface area contributed by atoms with Gasteiger partial charge in [0.25, 0.3) is 0 Å². The quantitative estimate of drug-likeness (QED) is 0.836. The molecule has 84 valence electrons. The lowest BCUT2D eigenvalue weighted by Crippen LogP contribution is -2.16. The monoisotopic (exact) mass is 215 g/mol. The summed E-state index contributed by atoms with van der Waals surface area (Å²) in [6.07, 6.45) is 0.397. The number of benzene rings is 1. The predicted octanol–water partition coefficient (Wildman–Crippen LogP) is 2.31. The second kappa shape index (κ2) is 5.19. The molecule has 0 aromatic heterocycles. The van der Waals surface area contributed by atoms with E-state index < -0.39 is 17.7 Å². The van der Waals surface area contributed by atoms with Gasteiger partial charge in [-0.2, -0.15) is 0 Å². The van der Waals surface area contributed by atoms with Crippen molar-refractivity contribution in [2.24, 2.45) is 5.73 Å². The van der Waals surface area contributed by atoms with Crippen molar-refractivity contribution in [1.29, 1.82) is 0 Å². The van der Waals surface area contributed by atoms with Crippen LogP contribution in [-0.2, 0) is 4.74 Å². The van der Waals surface area contributed by atoms with Gasteiger partial charge in [-0.05, 0) is 25.0 Å². The van der Waals surface area contributed by atoms with Gasteiger partial charge in [0.2, 0.25) is 0 Å². The highest BCUT2D eigenvalue weighted by Gasteiger charge is 2.17. The predicted molar refractivity (Wildman–Crippen MR) is 54.5 cm³/mol. The topological polar surface area (TPSA) is 35.2 Å². The maximum atomic E-state index is 13.6. The first kappa shape index (κ1) is 12.1. The number of hydrogen-bond acceptors (Lipinski definition) is 2. The van der Waals surface area contributed by atoms with Crippen LogP contribution >= 0.6 is 0 Å². The van der Waals surface area contributed by atoms with Gasteiger partial charge in [-0.25, -0.2) is 8.78 Å². The van der Waals surface area contributed by atoms with Gasteiger partial charge in [-0.15, -0.1) is 0 Å². The molecule has 1 aromatic carbocycles. The summed E-state index contributed by atoms with van der Waals surface area (Å²) in [5, 5.41) is 0. The molecule has 0 fully saturated rings. The van der Waals surface area contributed by atoms with Crippen LogP contribution in [0.3, 0.4) is 0 Å². The fourth-order valence-electron chi connectivity index (χ4n) is 1.41. The molecule has 1 unspecified atom stereocenters. The third-order valence-electron chi connectivity index (χ3n) is 2.32. The van der Waals surface area contributed by atoms with Crippen molar-refractivity contribution >= 4 is 0 Å². The zero-order valence-electron chi connectivity index (χ0n) is 8.89. The third kappa shape index (κ3) is 2.73. The molecule has 0 aliphatic carbocycles. The van der Waals surface area contributed by atoms with E-state index in [4.69, 9.17) is 10.5 Å². The van der Waals surface area contributed by atoms with Gasteiger partial charge < -0.3 is 10.5 Å². The van der Waals surface area contributed by atoms with Crippen molar-refractivity contribution in [3.05, 3.63) is 34.9 Å². The van der Waals surface area contributed by atoms with Gasteiger partial charge in [-0.3, -0.25) is 0 Å². The summed E-state index contributed by atoms with van der Waals surface area (Å²) in [5.41, 5.74) is 6.04. The molecule has 0 aliphatic rings. The van der Waals surface area contributed by atoms with E-state index in [1.165, 1.54) is 19.2 Å². The molecule has 0 aliphatic heterocycles. The van der Waals surface area contributed by atoms with Crippen molar-refractivity contribution < 1.29 is 13.5 Å². The average molecular weight is 215 g/mol. The summed E-state index contributed by atoms with van der Waals surface area (Å²) in [5.74, 6) is -1.15. The highest BCUT2D eigenvalue weighted by Crippen LogP contribution is 2.23. The molecule has 2 nitrogen and oxygen atoms in total. The second-order valence-electron chi connectivity index (χ2n) is 3.48. The molecule has 0 spiro atoms. The number of hydrogen-bond donors (Lipinski definition) is 1. The summed E-state index contributed by atoms with van der Waals surface area (Å²) in [7, 11) is 1.52. The molecule has 1 aromatic rings. The molecule has 0 bridgehead atoms. The van der Waals surface area contributed by atoms with Crippen molar-refractivity contribution in [3.63, 3.8) is 0 Å². The first-order valence-electron chi connectivity index (χ1n) is 4.77. The molecule has 15 heavy (non-hydrogen) atoms. The Labute approximate surface area is 88.0 Å². The lowest BCUT2D eigenvalue weighted by Gasteiger charge is -2.14. The Morgan fingerprint density at radius 3 is 2.67 bits per heavy atom. The first-order chi connectivity index (χ1) is 7.07. The molecule has 4 heteroatoms. The standard InChI is InChI=1S/C11H15F2NO/c1-7-3-4-8(12)10(11(7)13)9(14)5-6-15-2/h3-4,9H,5-6,14H2,1-2H3. The molecule has 0 saturated heterocycles. The van der Waals surface area contributed by atoms with Gasteiger partial charge in [0.1, 0.15) is 11.6 Å². The van der Waals surface area contributed by atoms with Crippen molar-refractivity contribution in [1.82, 2.24) is 0 Å². The van der Waals surface area contributed by atoms with Gasteiger partial charge in [0.05, 0.1) is 0 Å². The Kier molecular flexibility index (Phi) is 4.17. The maximum Gasteiger partial charge on any atom is 0.133 e. The van der Waals surface area contributed by atoms with Gasteiger partial charge >= 0.3 is 0 Å². The van der Waals surface area contributed by atoms with Crippen LogP contribution in [0.1, 0.15) is 23.6 Å². The van der Waals surface area contributed by atoms with E-state index in [0.29, 0.717) is 18.6 Å². The van der Waals surface area contributed by atoms with E-state index in [1.54, 1.807) is 6.92 Å². The lowest BCUT2D eigenvalue weighted by atomic mass is 10.0. The number of nitrogens with two attached hydrogens (primary N) is 1. The van der Waals surface area contributed by atoms with E-state index in [2.05, 4.69) is 0 Å². The number of halogens is 2. The van der Waals surface area contributed by atoms with Crippen LogP contribution in [0, 0.1) is 18.6 Å². The number of methoxy groups -OCH3 is 1. The number of rotatable bonds is 4. The number of aryl methyl sites for hydroxylation is 1. The Hall–Kier alpha value is -1.00. The summed E-state index contributed by atoms with van der Waals surface area (Å²) >= 11 is 0. The molecule has 1 atom stereocenters. The van der Waals surface area contributed by atoms with Crippen LogP contribution < -0.4 is 5.73 Å². The van der Waals surface area contributed by atoms with Crippen molar-refractivity contribution in [3.8, 4) is 0 Å². The number of ether oxygens (including phenoxy) is 1. The third-order valence-corrected chi connectivity index (χ3v) is 2.32. The van der Waals surface area contributed by atoms with E-state index in [0.717, 1.165) is 0 Å². The fraction of sp³-hybridized carbons (Fsp3) is 0.455. The Morgan fingerprint density at radius 2 is 2.07 bits per heavy atom. The molecule has 0 heterocycles. The fourth-order valence-corrected chi connectivity index (χ4v) is 1.41. The van der Waals surface area contributed by atoms with Gasteiger partial charge in [0.15, 0.2) is 0 Å². The minimum atomic E-state index is -0.662. The maximum absolute atomic E-state index is 13.6. The second-order valence-corrected chi connectivity index (χ2v) is 3.48. The minimum absolute atomic E-state index is 0.0490. The van der Waals surface area contributed by atoms with Crippen LogP contribution in [-0.4, -0.2) is 13.7 Å². The average Bonchev–Trinajstić information content (AvgIpc) is 2.21. The lowest BCUT2D eigenvalue weighted by molar-refractivity contribution is 0.187. The van der Waals surface area contributed by atoms with Gasteiger partial charge in [0, 0.05) is 25.3 Å². The molecule has 0 amide bonds. The van der Waals surface area contributed by atoms with Crippen LogP contribution in [0.5, 0.6) is 0 Å². The van der Waals surface area contributed by atoms with Gasteiger partial charge in [-0.1, -0.05) is 6.07 Å².